The summed E-state index contributed by atoms with van der Waals surface area (Å²) in [7, 11) is 0. The highest BCUT2D eigenvalue weighted by molar-refractivity contribution is 5.79. The van der Waals surface area contributed by atoms with Crippen molar-refractivity contribution in [3.63, 3.8) is 0 Å². The van der Waals surface area contributed by atoms with E-state index < -0.39 is 30.1 Å². The summed E-state index contributed by atoms with van der Waals surface area (Å²) in [5, 5.41) is 55.0. The van der Waals surface area contributed by atoms with Crippen LogP contribution in [0.5, 0.6) is 0 Å². The van der Waals surface area contributed by atoms with Crippen LogP contribution in [0.15, 0.2) is 0 Å². The summed E-state index contributed by atoms with van der Waals surface area (Å²) in [5.41, 5.74) is 0. The number of ketones is 2. The molecule has 0 heterocycles. The summed E-state index contributed by atoms with van der Waals surface area (Å²) in [4.78, 5) is 47.4. The number of carboxylic acids is 3. The molecule has 0 fully saturated rings. The van der Waals surface area contributed by atoms with Gasteiger partial charge in [0.1, 0.15) is 18.0 Å². The first-order valence-corrected chi connectivity index (χ1v) is 10.5. The molecule has 0 saturated heterocycles. The maximum absolute atomic E-state index is 9.89. The van der Waals surface area contributed by atoms with Crippen LogP contribution in [0.3, 0.4) is 0 Å². The molecule has 0 aliphatic heterocycles. The van der Waals surface area contributed by atoms with Gasteiger partial charge in [-0.2, -0.15) is 0 Å². The number of Topliss-reactive ketones (excluding diaryl/α,β-unsaturated/α-hetero) is 2. The van der Waals surface area contributed by atoms with Gasteiger partial charge in [-0.3, -0.25) is 14.4 Å². The lowest BCUT2D eigenvalue weighted by Gasteiger charge is -1.90. The number of hydrogen-bond acceptors (Lipinski definition) is 9. The Bertz CT molecular complexity index is 421. The molecule has 0 aromatic rings. The molecule has 0 spiro atoms. The average Bonchev–Trinajstić information content (AvgIpc) is 2.63. The zero-order valence-corrected chi connectivity index (χ0v) is 22.1. The van der Waals surface area contributed by atoms with E-state index in [4.69, 9.17) is 40.5 Å². The molecule has 7 N–H and O–H groups in total. The Hall–Kier alpha value is -2.41. The van der Waals surface area contributed by atoms with Gasteiger partial charge >= 0.3 is 11.9 Å². The first kappa shape index (κ1) is 48.9. The number of unbranched alkanes of at least 4 members (excludes halogenated alkanes) is 1. The fourth-order valence-corrected chi connectivity index (χ4v) is 0.372. The Morgan fingerprint density at radius 1 is 0.706 bits per heavy atom. The highest BCUT2D eigenvalue weighted by Gasteiger charge is 2.01. The van der Waals surface area contributed by atoms with Crippen LogP contribution in [0, 0.1) is 0 Å². The van der Waals surface area contributed by atoms with Crippen LogP contribution >= 0.6 is 0 Å². The van der Waals surface area contributed by atoms with Gasteiger partial charge in [-0.15, -0.1) is 0 Å². The summed E-state index contributed by atoms with van der Waals surface area (Å²) in [6, 6.07) is 0. The van der Waals surface area contributed by atoms with Gasteiger partial charge in [0, 0.05) is 26.6 Å². The van der Waals surface area contributed by atoms with E-state index in [0.717, 1.165) is 26.2 Å². The fourth-order valence-electron chi connectivity index (χ4n) is 0.372. The third-order valence-electron chi connectivity index (χ3n) is 1.92. The Morgan fingerprint density at radius 2 is 0.941 bits per heavy atom. The van der Waals surface area contributed by atoms with Crippen molar-refractivity contribution in [2.24, 2.45) is 0 Å². The number of hydrogen-bond donors (Lipinski definition) is 7. The van der Waals surface area contributed by atoms with E-state index in [-0.39, 0.29) is 18.2 Å². The quantitative estimate of drug-likeness (QED) is 0.274. The van der Waals surface area contributed by atoms with Crippen molar-refractivity contribution in [2.45, 2.75) is 100 Å². The summed E-state index contributed by atoms with van der Waals surface area (Å²) < 4.78 is 0. The number of rotatable bonds is 6. The second-order valence-corrected chi connectivity index (χ2v) is 6.27. The van der Waals surface area contributed by atoms with Crippen molar-refractivity contribution in [2.75, 3.05) is 13.2 Å². The van der Waals surface area contributed by atoms with Gasteiger partial charge in [0.25, 0.3) is 5.97 Å². The Balaban J connectivity index is -0.0000000507. The topological polar surface area (TPSA) is 227 Å². The van der Waals surface area contributed by atoms with E-state index in [9.17, 15) is 19.2 Å². The predicted octanol–water partition coefficient (Wildman–Crippen LogP) is 1.74. The number of carbonyl (C=O) groups excluding carboxylic acids is 2. The minimum Gasteiger partial charge on any atom is -0.481 e. The molecule has 0 aliphatic carbocycles. The second kappa shape index (κ2) is 44.3. The number of aliphatic hydroxyl groups excluding tert-OH is 4. The van der Waals surface area contributed by atoms with Gasteiger partial charge in [0.15, 0.2) is 5.78 Å². The molecule has 0 rings (SSSR count). The molecule has 208 valence electrons. The summed E-state index contributed by atoms with van der Waals surface area (Å²) in [5.74, 6) is -2.75. The minimum absolute atomic E-state index is 0.167. The van der Waals surface area contributed by atoms with E-state index in [1.165, 1.54) is 34.6 Å². The van der Waals surface area contributed by atoms with Gasteiger partial charge in [-0.1, -0.05) is 20.3 Å². The highest BCUT2D eigenvalue weighted by Crippen LogP contribution is 1.82. The molecule has 0 amide bonds. The molecule has 2 unspecified atom stereocenters. The minimum atomic E-state index is -1.23. The van der Waals surface area contributed by atoms with Gasteiger partial charge in [-0.25, -0.2) is 4.79 Å². The number of aliphatic carboxylic acids is 3. The molecule has 0 radical (unpaired) electrons. The Morgan fingerprint density at radius 3 is 0.941 bits per heavy atom. The maximum Gasteiger partial charge on any atom is 0.332 e. The van der Waals surface area contributed by atoms with Crippen LogP contribution < -0.4 is 0 Å². The molecule has 0 saturated carbocycles. The first-order chi connectivity index (χ1) is 15.3. The maximum atomic E-state index is 9.89. The zero-order valence-electron chi connectivity index (χ0n) is 22.1. The van der Waals surface area contributed by atoms with Gasteiger partial charge in [-0.05, 0) is 54.4 Å². The van der Waals surface area contributed by atoms with Crippen LogP contribution in [0.1, 0.15) is 88.0 Å². The van der Waals surface area contributed by atoms with E-state index >= 15 is 0 Å². The molecule has 12 nitrogen and oxygen atoms in total. The lowest BCUT2D eigenvalue weighted by atomic mass is 10.3. The molecule has 0 aromatic carbocycles. The predicted molar refractivity (Wildman–Crippen MR) is 129 cm³/mol. The van der Waals surface area contributed by atoms with E-state index in [2.05, 4.69) is 6.92 Å². The van der Waals surface area contributed by atoms with Crippen molar-refractivity contribution in [3.8, 4) is 0 Å². The third-order valence-corrected chi connectivity index (χ3v) is 1.92. The lowest BCUT2D eigenvalue weighted by Crippen LogP contribution is -2.13. The third kappa shape index (κ3) is 216. The molecule has 0 aromatic heterocycles. The first-order valence-electron chi connectivity index (χ1n) is 10.5. The second-order valence-electron chi connectivity index (χ2n) is 6.27. The zero-order chi connectivity index (χ0) is 29.3. The highest BCUT2D eigenvalue weighted by atomic mass is 16.4. The van der Waals surface area contributed by atoms with E-state index in [1.807, 2.05) is 6.92 Å². The summed E-state index contributed by atoms with van der Waals surface area (Å²) >= 11 is 0. The molecule has 0 bridgehead atoms. The number of carbonyl (C=O) groups is 5. The Kier molecular flexibility index (Phi) is 63.7. The van der Waals surface area contributed by atoms with Crippen LogP contribution in [0.2, 0.25) is 0 Å². The monoisotopic (exact) mass is 504 g/mol. The van der Waals surface area contributed by atoms with Gasteiger partial charge in [0.2, 0.25) is 0 Å². The Labute approximate surface area is 203 Å². The van der Waals surface area contributed by atoms with Crippen molar-refractivity contribution < 1.29 is 59.7 Å². The smallest absolute Gasteiger partial charge is 0.332 e. The molecule has 2 atom stereocenters. The molecule has 12 heteroatoms. The van der Waals surface area contributed by atoms with E-state index in [0.29, 0.717) is 13.0 Å². The molecule has 34 heavy (non-hydrogen) atoms. The lowest BCUT2D eigenvalue weighted by molar-refractivity contribution is -0.145. The number of carboxylic acid groups (broad SMARTS) is 3. The normalized spacial score (nSPS) is 9.56. The molecular formula is C22H48O12. The van der Waals surface area contributed by atoms with Crippen molar-refractivity contribution in [1.82, 2.24) is 0 Å². The fraction of sp³-hybridized carbons (Fsp3) is 0.773. The average molecular weight is 505 g/mol. The van der Waals surface area contributed by atoms with Crippen LogP contribution in [0.25, 0.3) is 0 Å². The summed E-state index contributed by atoms with van der Waals surface area (Å²) in [6.45, 7) is 14.3. The SMILES string of the molecule is CC(=O)C(C)O.CC(=O)O.CC(C)=O.CC(O)C(=O)O.CCCC(=O)O.CCCCO.CCO. The largest absolute Gasteiger partial charge is 0.481 e. The van der Waals surface area contributed by atoms with Crippen molar-refractivity contribution >= 4 is 29.5 Å². The van der Waals surface area contributed by atoms with Crippen LogP contribution in [-0.4, -0.2) is 90.6 Å². The standard InChI is InChI=1S/2C4H8O2.C4H10O.C3H6O3.C3H6O.C2H4O2.C2H6O/c1-3(5)4(2)6;1-2-3-4(5)6;1-2-3-4-5;1-2(4)3(5)6;1-3(2)4;1-2(3)4;1-2-3/h3,5H,1-2H3;2-3H2,1H3,(H,5,6);5H,2-4H2,1H3;2,4H,1H3,(H,5,6);1-2H3;1H3,(H,3,4);3H,2H2,1H3. The molecular weight excluding hydrogens is 456 g/mol. The molecule has 0 aliphatic rings. The van der Waals surface area contributed by atoms with Gasteiger partial charge in [0.05, 0.1) is 0 Å². The van der Waals surface area contributed by atoms with Gasteiger partial charge < -0.3 is 40.5 Å². The van der Waals surface area contributed by atoms with Crippen molar-refractivity contribution in [1.29, 1.82) is 0 Å². The van der Waals surface area contributed by atoms with Crippen LogP contribution in [-0.2, 0) is 24.0 Å². The van der Waals surface area contributed by atoms with Crippen LogP contribution in [0.4, 0.5) is 0 Å². The number of aliphatic hydroxyl groups is 4. The summed E-state index contributed by atoms with van der Waals surface area (Å²) in [6.07, 6.45) is 1.04. The van der Waals surface area contributed by atoms with E-state index in [1.54, 1.807) is 6.92 Å². The van der Waals surface area contributed by atoms with Crippen molar-refractivity contribution in [3.05, 3.63) is 0 Å².